The molecule has 10 aromatic carbocycles. The van der Waals surface area contributed by atoms with Crippen LogP contribution in [0.15, 0.2) is 237 Å². The van der Waals surface area contributed by atoms with Crippen LogP contribution in [0.25, 0.3) is 77.2 Å². The zero-order valence-electron chi connectivity index (χ0n) is 31.5. The first kappa shape index (κ1) is 34.0. The number of hydrogen-bond donors (Lipinski definition) is 0. The van der Waals surface area contributed by atoms with Crippen molar-refractivity contribution in [1.82, 2.24) is 0 Å². The maximum atomic E-state index is 2.45. The van der Waals surface area contributed by atoms with Gasteiger partial charge in [-0.1, -0.05) is 206 Å². The summed E-state index contributed by atoms with van der Waals surface area (Å²) in [5, 5.41) is 4.93. The Bertz CT molecular complexity index is 2970. The fraction of sp³-hybridized carbons (Fsp3) is 0. The third-order valence-electron chi connectivity index (χ3n) is 11.1. The smallest absolute Gasteiger partial charge is 0.0540 e. The Morgan fingerprint density at radius 1 is 0.228 bits per heavy atom. The quantitative estimate of drug-likeness (QED) is 0.141. The number of nitrogens with zero attached hydrogens (tertiary/aromatic N) is 1. The maximum absolute atomic E-state index is 2.45. The lowest BCUT2D eigenvalue weighted by Gasteiger charge is -2.30. The maximum Gasteiger partial charge on any atom is 0.0540 e. The van der Waals surface area contributed by atoms with Gasteiger partial charge in [0.1, 0.15) is 0 Å². The Kier molecular flexibility index (Phi) is 8.95. The Hall–Kier alpha value is -7.48. The van der Waals surface area contributed by atoms with E-state index in [4.69, 9.17) is 0 Å². The molecular formula is C56H39N. The molecule has 57 heavy (non-hydrogen) atoms. The van der Waals surface area contributed by atoms with Crippen molar-refractivity contribution in [2.45, 2.75) is 0 Å². The van der Waals surface area contributed by atoms with Gasteiger partial charge in [-0.15, -0.1) is 0 Å². The van der Waals surface area contributed by atoms with Crippen molar-refractivity contribution in [2.75, 3.05) is 4.90 Å². The number of benzene rings is 10. The lowest BCUT2D eigenvalue weighted by Crippen LogP contribution is -2.11. The highest BCUT2D eigenvalue weighted by Gasteiger charge is 2.23. The van der Waals surface area contributed by atoms with Crippen LogP contribution < -0.4 is 4.90 Å². The second kappa shape index (κ2) is 15.0. The Balaban J connectivity index is 1.30. The molecule has 0 aliphatic rings. The molecule has 0 aromatic heterocycles. The van der Waals surface area contributed by atoms with E-state index in [9.17, 15) is 0 Å². The van der Waals surface area contributed by atoms with Gasteiger partial charge in [0.15, 0.2) is 0 Å². The fourth-order valence-electron chi connectivity index (χ4n) is 8.48. The summed E-state index contributed by atoms with van der Waals surface area (Å²) in [5.74, 6) is 0. The van der Waals surface area contributed by atoms with Gasteiger partial charge < -0.3 is 4.90 Å². The molecule has 1 heteroatoms. The first-order valence-electron chi connectivity index (χ1n) is 19.6. The average Bonchev–Trinajstić information content (AvgIpc) is 3.30. The predicted molar refractivity (Wildman–Crippen MR) is 243 cm³/mol. The lowest BCUT2D eigenvalue weighted by molar-refractivity contribution is 1.29. The summed E-state index contributed by atoms with van der Waals surface area (Å²) >= 11 is 0. The first-order chi connectivity index (χ1) is 28.3. The van der Waals surface area contributed by atoms with Gasteiger partial charge in [0.05, 0.1) is 5.69 Å². The minimum Gasteiger partial charge on any atom is -0.310 e. The van der Waals surface area contributed by atoms with E-state index < -0.39 is 0 Å². The highest BCUT2D eigenvalue weighted by Crippen LogP contribution is 2.48. The molecule has 10 rings (SSSR count). The van der Waals surface area contributed by atoms with Crippen LogP contribution in [0.2, 0.25) is 0 Å². The molecule has 0 spiro atoms. The molecule has 0 fully saturated rings. The molecule has 0 saturated carbocycles. The molecule has 0 atom stereocenters. The fourth-order valence-corrected chi connectivity index (χ4v) is 8.48. The standard InChI is InChI=1S/C56H39N/c1-6-20-40(21-7-1)47-36-34-45(38-52(47)42-24-10-3-11-25-42)57(54-33-19-18-30-48(54)41-22-8-2-9-23-41)46-35-37-50-49-31-16-17-32-51(49)55(43-26-12-4-13-27-43)56(53(50)39-46)44-28-14-5-15-29-44/h1-39H. The highest BCUT2D eigenvalue weighted by molar-refractivity contribution is 6.22. The zero-order valence-corrected chi connectivity index (χ0v) is 31.5. The summed E-state index contributed by atoms with van der Waals surface area (Å²) in [7, 11) is 0. The summed E-state index contributed by atoms with van der Waals surface area (Å²) in [5.41, 5.74) is 15.3. The molecule has 0 bridgehead atoms. The average molecular weight is 726 g/mol. The summed E-state index contributed by atoms with van der Waals surface area (Å²) in [4.78, 5) is 2.45. The normalized spacial score (nSPS) is 11.2. The molecule has 0 heterocycles. The van der Waals surface area contributed by atoms with Gasteiger partial charge in [-0.2, -0.15) is 0 Å². The minimum absolute atomic E-state index is 1.08. The second-order valence-corrected chi connectivity index (χ2v) is 14.4. The van der Waals surface area contributed by atoms with E-state index >= 15 is 0 Å². The monoisotopic (exact) mass is 725 g/mol. The molecule has 0 amide bonds. The van der Waals surface area contributed by atoms with Crippen molar-refractivity contribution in [3.8, 4) is 55.6 Å². The third-order valence-corrected chi connectivity index (χ3v) is 11.1. The predicted octanol–water partition coefficient (Wildman–Crippen LogP) is 15.8. The van der Waals surface area contributed by atoms with E-state index in [-0.39, 0.29) is 0 Å². The van der Waals surface area contributed by atoms with E-state index in [0.717, 1.165) is 17.1 Å². The molecule has 0 aliphatic carbocycles. The van der Waals surface area contributed by atoms with Crippen LogP contribution in [0.4, 0.5) is 17.1 Å². The Labute approximate surface area is 334 Å². The number of anilines is 3. The van der Waals surface area contributed by atoms with Crippen LogP contribution in [-0.4, -0.2) is 0 Å². The largest absolute Gasteiger partial charge is 0.310 e. The van der Waals surface area contributed by atoms with Crippen LogP contribution in [0.5, 0.6) is 0 Å². The van der Waals surface area contributed by atoms with E-state index in [1.807, 2.05) is 0 Å². The van der Waals surface area contributed by atoms with Gasteiger partial charge in [-0.25, -0.2) is 0 Å². The summed E-state index contributed by atoms with van der Waals surface area (Å²) in [6, 6.07) is 85.7. The van der Waals surface area contributed by atoms with Gasteiger partial charge in [-0.3, -0.25) is 0 Å². The molecule has 0 unspecified atom stereocenters. The van der Waals surface area contributed by atoms with Crippen molar-refractivity contribution in [3.05, 3.63) is 237 Å². The molecule has 0 N–H and O–H groups in total. The van der Waals surface area contributed by atoms with Crippen LogP contribution in [0.1, 0.15) is 0 Å². The molecule has 0 radical (unpaired) electrons. The summed E-state index contributed by atoms with van der Waals surface area (Å²) < 4.78 is 0. The lowest BCUT2D eigenvalue weighted by atomic mass is 9.85. The van der Waals surface area contributed by atoms with E-state index in [1.54, 1.807) is 0 Å². The highest BCUT2D eigenvalue weighted by atomic mass is 15.1. The molecule has 10 aromatic rings. The third kappa shape index (κ3) is 6.36. The van der Waals surface area contributed by atoms with Gasteiger partial charge in [0.2, 0.25) is 0 Å². The van der Waals surface area contributed by atoms with Crippen LogP contribution >= 0.6 is 0 Å². The van der Waals surface area contributed by atoms with Crippen LogP contribution in [-0.2, 0) is 0 Å². The molecule has 0 aliphatic heterocycles. The van der Waals surface area contributed by atoms with Crippen molar-refractivity contribution >= 4 is 38.6 Å². The SMILES string of the molecule is c1ccc(-c2ccc(N(c3ccc4c(c3)c(-c3ccccc3)c(-c3ccccc3)c3ccccc34)c3ccccc3-c3ccccc3)cc2-c2ccccc2)cc1. The zero-order chi connectivity index (χ0) is 38.0. The van der Waals surface area contributed by atoms with Crippen molar-refractivity contribution in [1.29, 1.82) is 0 Å². The van der Waals surface area contributed by atoms with Crippen molar-refractivity contribution < 1.29 is 0 Å². The van der Waals surface area contributed by atoms with Gasteiger partial charge >= 0.3 is 0 Å². The van der Waals surface area contributed by atoms with Crippen LogP contribution in [0, 0.1) is 0 Å². The number of fused-ring (bicyclic) bond motifs is 3. The van der Waals surface area contributed by atoms with Gasteiger partial charge in [-0.05, 0) is 102 Å². The van der Waals surface area contributed by atoms with E-state index in [2.05, 4.69) is 241 Å². The van der Waals surface area contributed by atoms with Crippen molar-refractivity contribution in [3.63, 3.8) is 0 Å². The number of hydrogen-bond acceptors (Lipinski definition) is 1. The molecule has 268 valence electrons. The minimum atomic E-state index is 1.08. The Morgan fingerprint density at radius 3 is 1.23 bits per heavy atom. The molecule has 1 nitrogen and oxygen atoms in total. The number of rotatable bonds is 8. The van der Waals surface area contributed by atoms with Crippen LogP contribution in [0.3, 0.4) is 0 Å². The van der Waals surface area contributed by atoms with Gasteiger partial charge in [0.25, 0.3) is 0 Å². The first-order valence-corrected chi connectivity index (χ1v) is 19.6. The van der Waals surface area contributed by atoms with Crippen molar-refractivity contribution in [2.24, 2.45) is 0 Å². The number of para-hydroxylation sites is 1. The Morgan fingerprint density at radius 2 is 0.632 bits per heavy atom. The van der Waals surface area contributed by atoms with E-state index in [1.165, 1.54) is 77.2 Å². The topological polar surface area (TPSA) is 3.24 Å². The summed E-state index contributed by atoms with van der Waals surface area (Å²) in [6.45, 7) is 0. The van der Waals surface area contributed by atoms with Gasteiger partial charge in [0, 0.05) is 16.9 Å². The second-order valence-electron chi connectivity index (χ2n) is 14.4. The molecule has 0 saturated heterocycles. The van der Waals surface area contributed by atoms with E-state index in [0.29, 0.717) is 0 Å². The summed E-state index contributed by atoms with van der Waals surface area (Å²) in [6.07, 6.45) is 0. The molecular weight excluding hydrogens is 687 g/mol.